The summed E-state index contributed by atoms with van der Waals surface area (Å²) in [6.45, 7) is 0. The third-order valence-corrected chi connectivity index (χ3v) is 4.10. The molecule has 0 radical (unpaired) electrons. The van der Waals surface area contributed by atoms with Crippen LogP contribution in [0, 0.1) is 0 Å². The number of fused-ring (bicyclic) bond motifs is 1. The molecule has 1 nitrogen and oxygen atoms in total. The van der Waals surface area contributed by atoms with Gasteiger partial charge >= 0.3 is 0 Å². The lowest BCUT2D eigenvalue weighted by molar-refractivity contribution is 0.0946. The smallest absolute Gasteiger partial charge is 0.170 e. The Balaban J connectivity index is 1.97. The van der Waals surface area contributed by atoms with Crippen molar-refractivity contribution in [3.05, 3.63) is 69.7 Å². The van der Waals surface area contributed by atoms with Crippen molar-refractivity contribution < 1.29 is 4.79 Å². The quantitative estimate of drug-likeness (QED) is 0.765. The third kappa shape index (κ3) is 2.01. The fourth-order valence-corrected chi connectivity index (χ4v) is 2.87. The molecule has 3 rings (SSSR count). The zero-order chi connectivity index (χ0) is 12.5. The van der Waals surface area contributed by atoms with Crippen LogP contribution in [0.25, 0.3) is 0 Å². The van der Waals surface area contributed by atoms with Crippen molar-refractivity contribution >= 4 is 21.7 Å². The zero-order valence-electron chi connectivity index (χ0n) is 9.90. The van der Waals surface area contributed by atoms with E-state index in [4.69, 9.17) is 0 Å². The number of hydrogen-bond donors (Lipinski definition) is 0. The van der Waals surface area contributed by atoms with E-state index in [1.165, 1.54) is 5.56 Å². The van der Waals surface area contributed by atoms with E-state index in [-0.39, 0.29) is 11.7 Å². The Bertz CT molecular complexity index is 586. The molecule has 0 N–H and O–H groups in total. The second-order valence-electron chi connectivity index (χ2n) is 4.66. The summed E-state index contributed by atoms with van der Waals surface area (Å²) in [5.41, 5.74) is 3.21. The molecule has 2 heteroatoms. The first-order chi connectivity index (χ1) is 8.75. The summed E-state index contributed by atoms with van der Waals surface area (Å²) in [4.78, 5) is 12.5. The molecule has 0 spiro atoms. The van der Waals surface area contributed by atoms with Gasteiger partial charge in [-0.25, -0.2) is 0 Å². The predicted molar refractivity (Wildman–Crippen MR) is 76.0 cm³/mol. The third-order valence-electron chi connectivity index (χ3n) is 3.57. The number of hydrogen-bond acceptors (Lipinski definition) is 1. The second-order valence-corrected chi connectivity index (χ2v) is 5.58. The van der Waals surface area contributed by atoms with Crippen LogP contribution < -0.4 is 0 Å². The van der Waals surface area contributed by atoms with Crippen molar-refractivity contribution in [1.82, 2.24) is 0 Å². The Kier molecular flexibility index (Phi) is 3.04. The van der Waals surface area contributed by atoms with E-state index in [0.717, 1.165) is 28.4 Å². The number of carbonyl (C=O) groups excluding carboxylic acids is 1. The Morgan fingerprint density at radius 1 is 1.00 bits per heavy atom. The molecule has 1 atom stereocenters. The lowest BCUT2D eigenvalue weighted by atomic mass is 9.79. The van der Waals surface area contributed by atoms with Crippen molar-refractivity contribution in [2.45, 2.75) is 18.8 Å². The normalized spacial score (nSPS) is 18.5. The molecule has 0 heterocycles. The summed E-state index contributed by atoms with van der Waals surface area (Å²) >= 11 is 3.43. The van der Waals surface area contributed by atoms with Crippen molar-refractivity contribution in [2.75, 3.05) is 0 Å². The molecule has 1 aliphatic carbocycles. The van der Waals surface area contributed by atoms with Gasteiger partial charge in [0.2, 0.25) is 0 Å². The first-order valence-corrected chi connectivity index (χ1v) is 6.92. The highest BCUT2D eigenvalue weighted by Crippen LogP contribution is 2.32. The maximum atomic E-state index is 12.5. The van der Waals surface area contributed by atoms with Crippen LogP contribution in [0.1, 0.15) is 33.8 Å². The number of halogens is 1. The zero-order valence-corrected chi connectivity index (χ0v) is 11.5. The lowest BCUT2D eigenvalue weighted by Gasteiger charge is -2.23. The van der Waals surface area contributed by atoms with E-state index in [1.807, 2.05) is 42.5 Å². The molecule has 0 saturated heterocycles. The highest BCUT2D eigenvalue weighted by atomic mass is 79.9. The van der Waals surface area contributed by atoms with Gasteiger partial charge in [-0.3, -0.25) is 4.79 Å². The average molecular weight is 301 g/mol. The van der Waals surface area contributed by atoms with Crippen molar-refractivity contribution in [3.8, 4) is 0 Å². The van der Waals surface area contributed by atoms with E-state index in [9.17, 15) is 4.79 Å². The van der Waals surface area contributed by atoms with Gasteiger partial charge in [-0.05, 0) is 36.1 Å². The first kappa shape index (κ1) is 11.7. The van der Waals surface area contributed by atoms with Gasteiger partial charge in [0.15, 0.2) is 5.78 Å². The van der Waals surface area contributed by atoms with Crippen LogP contribution >= 0.6 is 15.9 Å². The van der Waals surface area contributed by atoms with E-state index in [2.05, 4.69) is 22.0 Å². The largest absolute Gasteiger partial charge is 0.293 e. The van der Waals surface area contributed by atoms with Crippen molar-refractivity contribution in [1.29, 1.82) is 0 Å². The number of rotatable bonds is 1. The molecule has 0 aromatic heterocycles. The molecule has 0 saturated carbocycles. The molecular formula is C16H13BrO. The van der Waals surface area contributed by atoms with Gasteiger partial charge in [0, 0.05) is 16.0 Å². The number of benzene rings is 2. The van der Waals surface area contributed by atoms with Crippen LogP contribution in [0.5, 0.6) is 0 Å². The van der Waals surface area contributed by atoms with Gasteiger partial charge in [-0.1, -0.05) is 52.3 Å². The minimum atomic E-state index is 0.0213. The van der Waals surface area contributed by atoms with Crippen LogP contribution in [0.15, 0.2) is 53.0 Å². The van der Waals surface area contributed by atoms with Gasteiger partial charge in [-0.2, -0.15) is 0 Å². The Labute approximate surface area is 115 Å². The highest BCUT2D eigenvalue weighted by Gasteiger charge is 2.27. The number of carbonyl (C=O) groups is 1. The van der Waals surface area contributed by atoms with Gasteiger partial charge < -0.3 is 0 Å². The summed E-state index contributed by atoms with van der Waals surface area (Å²) in [7, 11) is 0. The van der Waals surface area contributed by atoms with E-state index in [0.29, 0.717) is 0 Å². The topological polar surface area (TPSA) is 17.1 Å². The van der Waals surface area contributed by atoms with Crippen LogP contribution in [-0.2, 0) is 6.42 Å². The number of Topliss-reactive ketones (excluding diaryl/α,β-unsaturated/α-hetero) is 1. The summed E-state index contributed by atoms with van der Waals surface area (Å²) in [5.74, 6) is 0.284. The van der Waals surface area contributed by atoms with Gasteiger partial charge in [0.25, 0.3) is 0 Å². The monoisotopic (exact) mass is 300 g/mol. The van der Waals surface area contributed by atoms with E-state index in [1.54, 1.807) is 0 Å². The number of ketones is 1. The molecule has 2 aromatic carbocycles. The van der Waals surface area contributed by atoms with Gasteiger partial charge in [-0.15, -0.1) is 0 Å². The molecule has 1 aliphatic rings. The van der Waals surface area contributed by atoms with E-state index < -0.39 is 0 Å². The Morgan fingerprint density at radius 3 is 2.50 bits per heavy atom. The predicted octanol–water partition coefficient (Wildman–Crippen LogP) is 4.36. The van der Waals surface area contributed by atoms with Crippen molar-refractivity contribution in [3.63, 3.8) is 0 Å². The summed E-state index contributed by atoms with van der Waals surface area (Å²) in [6.07, 6.45) is 1.90. The van der Waals surface area contributed by atoms with Crippen LogP contribution in [0.2, 0.25) is 0 Å². The van der Waals surface area contributed by atoms with E-state index >= 15 is 0 Å². The highest BCUT2D eigenvalue weighted by molar-refractivity contribution is 9.10. The minimum absolute atomic E-state index is 0.0213. The fraction of sp³-hybridized carbons (Fsp3) is 0.188. The van der Waals surface area contributed by atoms with Crippen molar-refractivity contribution in [2.24, 2.45) is 0 Å². The fourth-order valence-electron chi connectivity index (χ4n) is 2.61. The molecule has 18 heavy (non-hydrogen) atoms. The molecule has 0 bridgehead atoms. The van der Waals surface area contributed by atoms with Crippen LogP contribution in [0.3, 0.4) is 0 Å². The van der Waals surface area contributed by atoms with Crippen LogP contribution in [-0.4, -0.2) is 5.78 Å². The average Bonchev–Trinajstić information content (AvgIpc) is 2.41. The summed E-state index contributed by atoms with van der Waals surface area (Å²) in [5, 5.41) is 0. The lowest BCUT2D eigenvalue weighted by Crippen LogP contribution is -2.20. The molecule has 0 fully saturated rings. The molecular weight excluding hydrogens is 288 g/mol. The van der Waals surface area contributed by atoms with Gasteiger partial charge in [0.05, 0.1) is 0 Å². The molecule has 2 aromatic rings. The molecule has 0 amide bonds. The van der Waals surface area contributed by atoms with Crippen LogP contribution in [0.4, 0.5) is 0 Å². The Hall–Kier alpha value is -1.41. The van der Waals surface area contributed by atoms with Gasteiger partial charge in [0.1, 0.15) is 0 Å². The maximum Gasteiger partial charge on any atom is 0.170 e. The minimum Gasteiger partial charge on any atom is -0.293 e. The first-order valence-electron chi connectivity index (χ1n) is 6.13. The second kappa shape index (κ2) is 4.69. The SMILES string of the molecule is O=C1c2ccccc2CC[C@@H]1c1ccc(Br)cc1. The summed E-state index contributed by atoms with van der Waals surface area (Å²) < 4.78 is 1.05. The summed E-state index contributed by atoms with van der Waals surface area (Å²) in [6, 6.07) is 16.0. The Morgan fingerprint density at radius 2 is 1.72 bits per heavy atom. The maximum absolute atomic E-state index is 12.5. The molecule has 0 aliphatic heterocycles. The standard InChI is InChI=1S/C16H13BrO/c17-13-8-5-12(6-9-13)15-10-7-11-3-1-2-4-14(11)16(15)18/h1-6,8-9,15H,7,10H2/t15-/m1/s1. The molecule has 0 unspecified atom stereocenters. The number of aryl methyl sites for hydroxylation is 1. The molecule has 90 valence electrons.